The molecule has 0 spiro atoms. The van der Waals surface area contributed by atoms with Crippen molar-refractivity contribution in [2.75, 3.05) is 49.6 Å². The standard InChI is InChI=1S/C21H23N3O4/c1-15(25)23-8-10-24(11-9-23)18-5-3-2-4-17(18)22-21(26)16-6-7-19-20(14-16)28-13-12-27-19/h2-7,14H,8-13H2,1H3,(H,22,26). The Morgan fingerprint density at radius 2 is 1.64 bits per heavy atom. The maximum Gasteiger partial charge on any atom is 0.255 e. The lowest BCUT2D eigenvalue weighted by atomic mass is 10.1. The molecule has 146 valence electrons. The fraction of sp³-hybridized carbons (Fsp3) is 0.333. The molecule has 7 nitrogen and oxygen atoms in total. The molecular formula is C21H23N3O4. The Labute approximate surface area is 163 Å². The van der Waals surface area contributed by atoms with Crippen molar-refractivity contribution in [1.82, 2.24) is 4.90 Å². The Balaban J connectivity index is 1.50. The molecule has 28 heavy (non-hydrogen) atoms. The highest BCUT2D eigenvalue weighted by atomic mass is 16.6. The molecule has 0 bridgehead atoms. The number of hydrogen-bond acceptors (Lipinski definition) is 5. The van der Waals surface area contributed by atoms with E-state index < -0.39 is 0 Å². The number of carbonyl (C=O) groups is 2. The number of para-hydroxylation sites is 2. The molecule has 4 rings (SSSR count). The van der Waals surface area contributed by atoms with E-state index in [2.05, 4.69) is 10.2 Å². The first-order chi connectivity index (χ1) is 13.6. The molecule has 2 amide bonds. The van der Waals surface area contributed by atoms with E-state index in [0.717, 1.165) is 24.5 Å². The minimum Gasteiger partial charge on any atom is -0.486 e. The number of benzene rings is 2. The smallest absolute Gasteiger partial charge is 0.255 e. The lowest BCUT2D eigenvalue weighted by Gasteiger charge is -2.36. The first-order valence-electron chi connectivity index (χ1n) is 9.42. The molecule has 0 aromatic heterocycles. The monoisotopic (exact) mass is 381 g/mol. The minimum absolute atomic E-state index is 0.0971. The van der Waals surface area contributed by atoms with E-state index in [1.54, 1.807) is 25.1 Å². The van der Waals surface area contributed by atoms with E-state index in [-0.39, 0.29) is 11.8 Å². The van der Waals surface area contributed by atoms with Crippen LogP contribution in [0.15, 0.2) is 42.5 Å². The summed E-state index contributed by atoms with van der Waals surface area (Å²) in [5.74, 6) is 1.14. The van der Waals surface area contributed by atoms with Crippen molar-refractivity contribution in [2.24, 2.45) is 0 Å². The van der Waals surface area contributed by atoms with E-state index in [9.17, 15) is 9.59 Å². The van der Waals surface area contributed by atoms with Gasteiger partial charge in [0.25, 0.3) is 5.91 Å². The molecule has 7 heteroatoms. The number of ether oxygens (including phenoxy) is 2. The highest BCUT2D eigenvalue weighted by molar-refractivity contribution is 6.06. The molecule has 0 aliphatic carbocycles. The number of nitrogens with zero attached hydrogens (tertiary/aromatic N) is 2. The van der Waals surface area contributed by atoms with E-state index in [0.29, 0.717) is 43.4 Å². The summed E-state index contributed by atoms with van der Waals surface area (Å²) in [4.78, 5) is 28.4. The van der Waals surface area contributed by atoms with Crippen LogP contribution in [0.25, 0.3) is 0 Å². The van der Waals surface area contributed by atoms with Crippen molar-refractivity contribution in [1.29, 1.82) is 0 Å². The van der Waals surface area contributed by atoms with Crippen LogP contribution in [0.2, 0.25) is 0 Å². The summed E-state index contributed by atoms with van der Waals surface area (Å²) in [6.07, 6.45) is 0. The molecule has 0 unspecified atom stereocenters. The summed E-state index contributed by atoms with van der Waals surface area (Å²) in [5, 5.41) is 3.01. The number of nitrogens with one attached hydrogen (secondary N) is 1. The van der Waals surface area contributed by atoms with Crippen molar-refractivity contribution >= 4 is 23.2 Å². The molecule has 0 atom stereocenters. The zero-order chi connectivity index (χ0) is 19.5. The molecule has 1 fully saturated rings. The predicted molar refractivity (Wildman–Crippen MR) is 106 cm³/mol. The Morgan fingerprint density at radius 1 is 0.929 bits per heavy atom. The van der Waals surface area contributed by atoms with E-state index in [1.807, 2.05) is 29.2 Å². The van der Waals surface area contributed by atoms with Gasteiger partial charge in [-0.1, -0.05) is 12.1 Å². The average molecular weight is 381 g/mol. The number of hydrogen-bond donors (Lipinski definition) is 1. The first kappa shape index (κ1) is 18.2. The van der Waals surface area contributed by atoms with Gasteiger partial charge in [0.2, 0.25) is 5.91 Å². The van der Waals surface area contributed by atoms with Gasteiger partial charge in [-0.25, -0.2) is 0 Å². The molecule has 0 saturated carbocycles. The SMILES string of the molecule is CC(=O)N1CCN(c2ccccc2NC(=O)c2ccc3c(c2)OCCO3)CC1. The fourth-order valence-corrected chi connectivity index (χ4v) is 3.50. The lowest BCUT2D eigenvalue weighted by molar-refractivity contribution is -0.129. The van der Waals surface area contributed by atoms with Gasteiger partial charge in [-0.05, 0) is 30.3 Å². The van der Waals surface area contributed by atoms with Gasteiger partial charge in [0.1, 0.15) is 13.2 Å². The number of anilines is 2. The molecule has 2 aliphatic rings. The molecule has 2 aliphatic heterocycles. The van der Waals surface area contributed by atoms with Gasteiger partial charge in [-0.2, -0.15) is 0 Å². The lowest BCUT2D eigenvalue weighted by Crippen LogP contribution is -2.48. The van der Waals surface area contributed by atoms with Crippen molar-refractivity contribution < 1.29 is 19.1 Å². The highest BCUT2D eigenvalue weighted by Gasteiger charge is 2.21. The average Bonchev–Trinajstić information content (AvgIpc) is 2.74. The minimum atomic E-state index is -0.202. The van der Waals surface area contributed by atoms with Crippen LogP contribution in [0, 0.1) is 0 Å². The van der Waals surface area contributed by atoms with Crippen LogP contribution in [-0.4, -0.2) is 56.1 Å². The summed E-state index contributed by atoms with van der Waals surface area (Å²) < 4.78 is 11.1. The van der Waals surface area contributed by atoms with Gasteiger partial charge < -0.3 is 24.6 Å². The molecule has 2 aromatic rings. The quantitative estimate of drug-likeness (QED) is 0.884. The van der Waals surface area contributed by atoms with Crippen molar-refractivity contribution in [3.05, 3.63) is 48.0 Å². The molecule has 1 saturated heterocycles. The summed E-state index contributed by atoms with van der Waals surface area (Å²) >= 11 is 0. The Bertz CT molecular complexity index is 891. The number of piperazine rings is 1. The third-order valence-electron chi connectivity index (χ3n) is 5.02. The zero-order valence-electron chi connectivity index (χ0n) is 15.8. The highest BCUT2D eigenvalue weighted by Crippen LogP contribution is 2.32. The Morgan fingerprint density at radius 3 is 2.39 bits per heavy atom. The number of carbonyl (C=O) groups excluding carboxylic acids is 2. The molecular weight excluding hydrogens is 358 g/mol. The Kier molecular flexibility index (Phi) is 5.06. The predicted octanol–water partition coefficient (Wildman–Crippen LogP) is 2.38. The van der Waals surface area contributed by atoms with E-state index in [1.165, 1.54) is 0 Å². The molecule has 1 N–H and O–H groups in total. The van der Waals surface area contributed by atoms with Crippen LogP contribution in [0.3, 0.4) is 0 Å². The van der Waals surface area contributed by atoms with Gasteiger partial charge in [-0.3, -0.25) is 9.59 Å². The third-order valence-corrected chi connectivity index (χ3v) is 5.02. The second-order valence-corrected chi connectivity index (χ2v) is 6.82. The van der Waals surface area contributed by atoms with Crippen molar-refractivity contribution in [3.63, 3.8) is 0 Å². The normalized spacial score (nSPS) is 15.9. The van der Waals surface area contributed by atoms with Crippen LogP contribution >= 0.6 is 0 Å². The fourth-order valence-electron chi connectivity index (χ4n) is 3.50. The van der Waals surface area contributed by atoms with Crippen LogP contribution in [0.4, 0.5) is 11.4 Å². The van der Waals surface area contributed by atoms with Gasteiger partial charge in [0, 0.05) is 38.7 Å². The van der Waals surface area contributed by atoms with E-state index in [4.69, 9.17) is 9.47 Å². The first-order valence-corrected chi connectivity index (χ1v) is 9.42. The van der Waals surface area contributed by atoms with Gasteiger partial charge in [-0.15, -0.1) is 0 Å². The second-order valence-electron chi connectivity index (χ2n) is 6.82. The zero-order valence-corrected chi connectivity index (χ0v) is 15.8. The summed E-state index contributed by atoms with van der Waals surface area (Å²) in [5.41, 5.74) is 2.22. The number of amides is 2. The summed E-state index contributed by atoms with van der Waals surface area (Å²) in [6, 6.07) is 12.9. The topological polar surface area (TPSA) is 71.1 Å². The summed E-state index contributed by atoms with van der Waals surface area (Å²) in [7, 11) is 0. The number of fused-ring (bicyclic) bond motifs is 1. The van der Waals surface area contributed by atoms with Crippen LogP contribution in [-0.2, 0) is 4.79 Å². The maximum absolute atomic E-state index is 12.8. The van der Waals surface area contributed by atoms with Crippen molar-refractivity contribution in [2.45, 2.75) is 6.92 Å². The number of rotatable bonds is 3. The van der Waals surface area contributed by atoms with Crippen LogP contribution in [0.1, 0.15) is 17.3 Å². The van der Waals surface area contributed by atoms with Crippen LogP contribution < -0.4 is 19.7 Å². The molecule has 2 heterocycles. The molecule has 2 aromatic carbocycles. The van der Waals surface area contributed by atoms with Gasteiger partial charge >= 0.3 is 0 Å². The van der Waals surface area contributed by atoms with Crippen LogP contribution in [0.5, 0.6) is 11.5 Å². The maximum atomic E-state index is 12.8. The van der Waals surface area contributed by atoms with Gasteiger partial charge in [0.15, 0.2) is 11.5 Å². The third kappa shape index (κ3) is 3.74. The Hall–Kier alpha value is -3.22. The second kappa shape index (κ2) is 7.80. The summed E-state index contributed by atoms with van der Waals surface area (Å²) in [6.45, 7) is 5.42. The van der Waals surface area contributed by atoms with Crippen molar-refractivity contribution in [3.8, 4) is 11.5 Å². The molecule has 0 radical (unpaired) electrons. The van der Waals surface area contributed by atoms with E-state index >= 15 is 0 Å². The van der Waals surface area contributed by atoms with Gasteiger partial charge in [0.05, 0.1) is 11.4 Å². The largest absolute Gasteiger partial charge is 0.486 e.